The monoisotopic (exact) mass is 427 g/mol. The molecule has 4 aromatic rings. The summed E-state index contributed by atoms with van der Waals surface area (Å²) >= 11 is 0. The van der Waals surface area contributed by atoms with E-state index in [4.69, 9.17) is 9.97 Å². The molecular weight excluding hydrogens is 398 g/mol. The van der Waals surface area contributed by atoms with E-state index in [1.165, 1.54) is 18.2 Å². The first kappa shape index (κ1) is 21.6. The predicted molar refractivity (Wildman–Crippen MR) is 130 cm³/mol. The molecule has 0 aliphatic carbocycles. The molecule has 164 valence electrons. The number of aromatic nitrogens is 3. The van der Waals surface area contributed by atoms with Gasteiger partial charge in [-0.25, -0.2) is 9.97 Å². The van der Waals surface area contributed by atoms with Crippen molar-refractivity contribution in [2.45, 2.75) is 33.7 Å². The maximum atomic E-state index is 11.3. The summed E-state index contributed by atoms with van der Waals surface area (Å²) < 4.78 is 2.30. The van der Waals surface area contributed by atoms with Crippen molar-refractivity contribution in [1.29, 1.82) is 0 Å². The number of anilines is 1. The lowest BCUT2D eigenvalue weighted by atomic mass is 10.1. The first-order chi connectivity index (χ1) is 15.5. The summed E-state index contributed by atoms with van der Waals surface area (Å²) in [5, 5.41) is 7.29. The average molecular weight is 428 g/mol. The summed E-state index contributed by atoms with van der Waals surface area (Å²) in [7, 11) is 0. The fourth-order valence-corrected chi connectivity index (χ4v) is 4.11. The van der Waals surface area contributed by atoms with Gasteiger partial charge in [-0.2, -0.15) is 0 Å². The first-order valence-corrected chi connectivity index (χ1v) is 10.9. The Bertz CT molecular complexity index is 1230. The largest absolute Gasteiger partial charge is 0.368 e. The van der Waals surface area contributed by atoms with Crippen molar-refractivity contribution in [2.24, 2.45) is 0 Å². The van der Waals surface area contributed by atoms with E-state index in [1.807, 2.05) is 36.4 Å². The molecule has 2 aromatic heterocycles. The van der Waals surface area contributed by atoms with Gasteiger partial charge in [-0.05, 0) is 31.9 Å². The third kappa shape index (κ3) is 4.21. The summed E-state index contributed by atoms with van der Waals surface area (Å²) in [6.07, 6.45) is 0. The lowest BCUT2D eigenvalue weighted by molar-refractivity contribution is -0.118. The van der Waals surface area contributed by atoms with Crippen molar-refractivity contribution < 1.29 is 4.79 Å². The zero-order valence-corrected chi connectivity index (χ0v) is 19.0. The minimum absolute atomic E-state index is 0.0422. The summed E-state index contributed by atoms with van der Waals surface area (Å²) in [5.74, 6) is 1.43. The maximum Gasteiger partial charge on any atom is 0.216 e. The molecule has 0 bridgehead atoms. The molecule has 0 fully saturated rings. The van der Waals surface area contributed by atoms with E-state index in [9.17, 15) is 4.79 Å². The number of hydrogen-bond donors (Lipinski definition) is 2. The Kier molecular flexibility index (Phi) is 6.21. The van der Waals surface area contributed by atoms with Crippen molar-refractivity contribution in [1.82, 2.24) is 19.9 Å². The molecule has 2 N–H and O–H groups in total. The highest BCUT2D eigenvalue weighted by atomic mass is 16.1. The van der Waals surface area contributed by atoms with Crippen LogP contribution in [0.4, 0.5) is 5.82 Å². The van der Waals surface area contributed by atoms with Crippen LogP contribution in [0.2, 0.25) is 0 Å². The van der Waals surface area contributed by atoms with E-state index in [0.717, 1.165) is 28.0 Å². The fraction of sp³-hybridized carbons (Fsp3) is 0.269. The Morgan fingerprint density at radius 2 is 1.62 bits per heavy atom. The van der Waals surface area contributed by atoms with Gasteiger partial charge < -0.3 is 15.2 Å². The van der Waals surface area contributed by atoms with Gasteiger partial charge in [-0.15, -0.1) is 0 Å². The normalized spacial score (nSPS) is 12.0. The van der Waals surface area contributed by atoms with Gasteiger partial charge in [0.2, 0.25) is 5.91 Å². The number of aryl methyl sites for hydroxylation is 1. The zero-order chi connectivity index (χ0) is 22.7. The number of nitrogens with zero attached hydrogens (tertiary/aromatic N) is 3. The van der Waals surface area contributed by atoms with E-state index in [2.05, 4.69) is 60.2 Å². The number of carbonyl (C=O) groups is 1. The van der Waals surface area contributed by atoms with E-state index in [1.54, 1.807) is 0 Å². The van der Waals surface area contributed by atoms with Crippen LogP contribution in [-0.2, 0) is 4.79 Å². The zero-order valence-electron chi connectivity index (χ0n) is 19.0. The summed E-state index contributed by atoms with van der Waals surface area (Å²) in [6.45, 7) is 9.10. The van der Waals surface area contributed by atoms with Crippen LogP contribution in [0.1, 0.15) is 36.7 Å². The first-order valence-electron chi connectivity index (χ1n) is 10.9. The topological polar surface area (TPSA) is 71.8 Å². The van der Waals surface area contributed by atoms with Crippen molar-refractivity contribution >= 4 is 22.8 Å². The molecule has 0 radical (unpaired) electrons. The van der Waals surface area contributed by atoms with Gasteiger partial charge in [-0.1, -0.05) is 60.7 Å². The fourth-order valence-electron chi connectivity index (χ4n) is 4.11. The van der Waals surface area contributed by atoms with Crippen LogP contribution >= 0.6 is 0 Å². The van der Waals surface area contributed by atoms with Crippen LogP contribution in [0, 0.1) is 13.8 Å². The molecule has 2 heterocycles. The highest BCUT2D eigenvalue weighted by Crippen LogP contribution is 2.35. The SMILES string of the molecule is CC(=O)NCCNc1nc(-c2ccccc2)nc2c1c(C)c(C)n2C(C)c1ccccc1. The van der Waals surface area contributed by atoms with Crippen LogP contribution in [0.3, 0.4) is 0 Å². The Morgan fingerprint density at radius 1 is 0.969 bits per heavy atom. The third-order valence-corrected chi connectivity index (χ3v) is 5.89. The smallest absolute Gasteiger partial charge is 0.216 e. The van der Waals surface area contributed by atoms with Gasteiger partial charge in [-0.3, -0.25) is 4.79 Å². The van der Waals surface area contributed by atoms with E-state index >= 15 is 0 Å². The predicted octanol–water partition coefficient (Wildman–Crippen LogP) is 4.87. The Morgan fingerprint density at radius 3 is 2.28 bits per heavy atom. The number of nitrogens with one attached hydrogen (secondary N) is 2. The van der Waals surface area contributed by atoms with Gasteiger partial charge >= 0.3 is 0 Å². The number of amides is 1. The summed E-state index contributed by atoms with van der Waals surface area (Å²) in [5.41, 5.74) is 5.43. The van der Waals surface area contributed by atoms with Gasteiger partial charge in [0.05, 0.1) is 11.4 Å². The highest BCUT2D eigenvalue weighted by Gasteiger charge is 2.22. The van der Waals surface area contributed by atoms with E-state index < -0.39 is 0 Å². The lowest BCUT2D eigenvalue weighted by Gasteiger charge is -2.18. The van der Waals surface area contributed by atoms with Crippen molar-refractivity contribution in [3.05, 3.63) is 77.5 Å². The molecule has 1 amide bonds. The molecule has 0 saturated heterocycles. The standard InChI is InChI=1S/C26H29N5O/c1-17-18(2)31(19(3)21-11-7-5-8-12-21)26-23(17)25(28-16-15-27-20(4)32)29-24(30-26)22-13-9-6-10-14-22/h5-14,19H,15-16H2,1-4H3,(H,27,32)(H,28,29,30). The molecule has 2 aromatic carbocycles. The van der Waals surface area contributed by atoms with Crippen molar-refractivity contribution in [3.8, 4) is 11.4 Å². The molecular formula is C26H29N5O. The molecule has 6 nitrogen and oxygen atoms in total. The number of fused-ring (bicyclic) bond motifs is 1. The van der Waals surface area contributed by atoms with E-state index in [0.29, 0.717) is 18.9 Å². The molecule has 0 saturated carbocycles. The maximum absolute atomic E-state index is 11.3. The Labute approximate surface area is 188 Å². The quantitative estimate of drug-likeness (QED) is 0.413. The summed E-state index contributed by atoms with van der Waals surface area (Å²) in [6, 6.07) is 20.6. The molecule has 32 heavy (non-hydrogen) atoms. The molecule has 4 rings (SSSR count). The number of carbonyl (C=O) groups excluding carboxylic acids is 1. The Hall–Kier alpha value is -3.67. The van der Waals surface area contributed by atoms with Gasteiger partial charge in [0.25, 0.3) is 0 Å². The molecule has 1 unspecified atom stereocenters. The van der Waals surface area contributed by atoms with Crippen molar-refractivity contribution in [3.63, 3.8) is 0 Å². The van der Waals surface area contributed by atoms with Gasteiger partial charge in [0.15, 0.2) is 5.82 Å². The van der Waals surface area contributed by atoms with Gasteiger partial charge in [0, 0.05) is 31.3 Å². The minimum atomic E-state index is -0.0422. The number of rotatable bonds is 7. The molecule has 0 aliphatic heterocycles. The van der Waals surface area contributed by atoms with Crippen LogP contribution in [0.5, 0.6) is 0 Å². The molecule has 0 aliphatic rings. The van der Waals surface area contributed by atoms with Crippen LogP contribution in [0.15, 0.2) is 60.7 Å². The van der Waals surface area contributed by atoms with E-state index in [-0.39, 0.29) is 11.9 Å². The second-order valence-corrected chi connectivity index (χ2v) is 8.04. The van der Waals surface area contributed by atoms with Crippen LogP contribution in [-0.4, -0.2) is 33.5 Å². The Balaban J connectivity index is 1.87. The van der Waals surface area contributed by atoms with Crippen molar-refractivity contribution in [2.75, 3.05) is 18.4 Å². The van der Waals surface area contributed by atoms with Crippen LogP contribution < -0.4 is 10.6 Å². The average Bonchev–Trinajstić information content (AvgIpc) is 3.07. The molecule has 1 atom stereocenters. The van der Waals surface area contributed by atoms with Gasteiger partial charge in [0.1, 0.15) is 11.5 Å². The lowest BCUT2D eigenvalue weighted by Crippen LogP contribution is -2.26. The molecule has 6 heteroatoms. The second kappa shape index (κ2) is 9.22. The minimum Gasteiger partial charge on any atom is -0.368 e. The van der Waals surface area contributed by atoms with Crippen LogP contribution in [0.25, 0.3) is 22.4 Å². The third-order valence-electron chi connectivity index (χ3n) is 5.89. The number of benzene rings is 2. The highest BCUT2D eigenvalue weighted by molar-refractivity contribution is 5.93. The number of hydrogen-bond acceptors (Lipinski definition) is 4. The summed E-state index contributed by atoms with van der Waals surface area (Å²) in [4.78, 5) is 21.2. The second-order valence-electron chi connectivity index (χ2n) is 8.04. The molecule has 0 spiro atoms.